The van der Waals surface area contributed by atoms with Crippen LogP contribution in [0.3, 0.4) is 0 Å². The summed E-state index contributed by atoms with van der Waals surface area (Å²) < 4.78 is 0. The van der Waals surface area contributed by atoms with Crippen LogP contribution >= 0.6 is 0 Å². The molecule has 1 heteroatoms. The molecule has 0 aliphatic rings. The monoisotopic (exact) mass is 354 g/mol. The molecule has 2 unspecified atom stereocenters. The van der Waals surface area contributed by atoms with Gasteiger partial charge in [0.1, 0.15) is 0 Å². The van der Waals surface area contributed by atoms with Crippen molar-refractivity contribution in [1.82, 2.24) is 0 Å². The molecule has 0 saturated heterocycles. The second kappa shape index (κ2) is 20.3. The number of aliphatic hydroxyl groups is 1. The first-order valence-corrected chi connectivity index (χ1v) is 11.9. The van der Waals surface area contributed by atoms with Crippen molar-refractivity contribution in [3.8, 4) is 0 Å². The van der Waals surface area contributed by atoms with Gasteiger partial charge in [0.2, 0.25) is 0 Å². The summed E-state index contributed by atoms with van der Waals surface area (Å²) in [5.74, 6) is 0.495. The average Bonchev–Trinajstić information content (AvgIpc) is 2.62. The van der Waals surface area contributed by atoms with Crippen LogP contribution in [0.5, 0.6) is 0 Å². The zero-order chi connectivity index (χ0) is 18.6. The van der Waals surface area contributed by atoms with Gasteiger partial charge in [-0.1, -0.05) is 130 Å². The van der Waals surface area contributed by atoms with Crippen LogP contribution in [0, 0.1) is 5.92 Å². The minimum atomic E-state index is -0.0610. The summed E-state index contributed by atoms with van der Waals surface area (Å²) in [6, 6.07) is 0. The lowest BCUT2D eigenvalue weighted by molar-refractivity contribution is 0.0985. The number of rotatable bonds is 20. The van der Waals surface area contributed by atoms with Crippen molar-refractivity contribution in [2.75, 3.05) is 0 Å². The Morgan fingerprint density at radius 2 is 0.800 bits per heavy atom. The Balaban J connectivity index is 3.32. The van der Waals surface area contributed by atoms with Gasteiger partial charge in [-0.3, -0.25) is 0 Å². The van der Waals surface area contributed by atoms with E-state index in [0.29, 0.717) is 5.92 Å². The van der Waals surface area contributed by atoms with Crippen LogP contribution in [-0.2, 0) is 0 Å². The third kappa shape index (κ3) is 18.5. The molecule has 0 aliphatic carbocycles. The Morgan fingerprint density at radius 3 is 1.20 bits per heavy atom. The molecule has 0 fully saturated rings. The van der Waals surface area contributed by atoms with Gasteiger partial charge in [-0.05, 0) is 18.8 Å². The maximum Gasteiger partial charge on any atom is 0.0565 e. The molecule has 0 heterocycles. The number of unbranched alkanes of at least 4 members (excludes halogenated alkanes) is 15. The summed E-state index contributed by atoms with van der Waals surface area (Å²) in [5.41, 5.74) is 0. The lowest BCUT2D eigenvalue weighted by Gasteiger charge is -2.18. The molecule has 0 radical (unpaired) electrons. The van der Waals surface area contributed by atoms with Gasteiger partial charge in [-0.15, -0.1) is 0 Å². The van der Waals surface area contributed by atoms with Crippen LogP contribution in [0.4, 0.5) is 0 Å². The van der Waals surface area contributed by atoms with Gasteiger partial charge in [0.15, 0.2) is 0 Å². The van der Waals surface area contributed by atoms with E-state index in [1.807, 2.05) is 0 Å². The SMILES string of the molecule is CCCCCCCCCCCC(O)C(C)CCCCCCCCCC. The lowest BCUT2D eigenvalue weighted by Crippen LogP contribution is -2.17. The summed E-state index contributed by atoms with van der Waals surface area (Å²) >= 11 is 0. The third-order valence-corrected chi connectivity index (χ3v) is 5.77. The molecule has 0 rings (SSSR count). The maximum absolute atomic E-state index is 10.3. The van der Waals surface area contributed by atoms with E-state index in [9.17, 15) is 5.11 Å². The molecular formula is C24H50O. The summed E-state index contributed by atoms with van der Waals surface area (Å²) in [6.07, 6.45) is 25.5. The molecule has 0 saturated carbocycles. The zero-order valence-corrected chi connectivity index (χ0v) is 18.0. The van der Waals surface area contributed by atoms with Crippen molar-refractivity contribution in [1.29, 1.82) is 0 Å². The van der Waals surface area contributed by atoms with Gasteiger partial charge >= 0.3 is 0 Å². The van der Waals surface area contributed by atoms with Gasteiger partial charge in [0.05, 0.1) is 6.10 Å². The minimum Gasteiger partial charge on any atom is -0.393 e. The Bertz CT molecular complexity index is 238. The average molecular weight is 355 g/mol. The van der Waals surface area contributed by atoms with Crippen LogP contribution < -0.4 is 0 Å². The second-order valence-corrected chi connectivity index (χ2v) is 8.43. The summed E-state index contributed by atoms with van der Waals surface area (Å²) in [5, 5.41) is 10.3. The highest BCUT2D eigenvalue weighted by molar-refractivity contribution is 4.65. The highest BCUT2D eigenvalue weighted by Crippen LogP contribution is 2.19. The van der Waals surface area contributed by atoms with Crippen molar-refractivity contribution in [3.63, 3.8) is 0 Å². The molecule has 0 aromatic heterocycles. The third-order valence-electron chi connectivity index (χ3n) is 5.77. The van der Waals surface area contributed by atoms with Gasteiger partial charge in [-0.25, -0.2) is 0 Å². The number of hydrogen-bond acceptors (Lipinski definition) is 1. The quantitative estimate of drug-likeness (QED) is 0.217. The predicted octanol–water partition coefficient (Wildman–Crippen LogP) is 8.44. The molecule has 0 aliphatic heterocycles. The first-order valence-electron chi connectivity index (χ1n) is 11.9. The van der Waals surface area contributed by atoms with E-state index in [2.05, 4.69) is 20.8 Å². The molecule has 2 atom stereocenters. The van der Waals surface area contributed by atoms with Crippen molar-refractivity contribution < 1.29 is 5.11 Å². The molecule has 0 amide bonds. The predicted molar refractivity (Wildman–Crippen MR) is 114 cm³/mol. The fraction of sp³-hybridized carbons (Fsp3) is 1.00. The van der Waals surface area contributed by atoms with Crippen LogP contribution in [0.15, 0.2) is 0 Å². The standard InChI is InChI=1S/C24H50O/c1-4-6-8-10-12-14-16-18-20-22-24(25)23(3)21-19-17-15-13-11-9-7-5-2/h23-25H,4-22H2,1-3H3. The van der Waals surface area contributed by atoms with E-state index in [-0.39, 0.29) is 6.10 Å². The smallest absolute Gasteiger partial charge is 0.0565 e. The van der Waals surface area contributed by atoms with E-state index in [1.54, 1.807) is 0 Å². The summed E-state index contributed by atoms with van der Waals surface area (Å²) in [6.45, 7) is 6.81. The molecular weight excluding hydrogens is 304 g/mol. The van der Waals surface area contributed by atoms with Crippen molar-refractivity contribution >= 4 is 0 Å². The van der Waals surface area contributed by atoms with E-state index in [0.717, 1.165) is 6.42 Å². The fourth-order valence-electron chi connectivity index (χ4n) is 3.74. The van der Waals surface area contributed by atoms with Crippen LogP contribution in [0.25, 0.3) is 0 Å². The van der Waals surface area contributed by atoms with Crippen LogP contribution in [0.2, 0.25) is 0 Å². The Hall–Kier alpha value is -0.0400. The molecule has 0 spiro atoms. The first kappa shape index (κ1) is 25.0. The summed E-state index contributed by atoms with van der Waals surface area (Å²) in [7, 11) is 0. The van der Waals surface area contributed by atoms with Crippen molar-refractivity contribution in [2.45, 2.75) is 149 Å². The van der Waals surface area contributed by atoms with Gasteiger partial charge in [0, 0.05) is 0 Å². The van der Waals surface area contributed by atoms with Crippen LogP contribution in [-0.4, -0.2) is 11.2 Å². The Kier molecular flexibility index (Phi) is 20.2. The second-order valence-electron chi connectivity index (χ2n) is 8.43. The van der Waals surface area contributed by atoms with E-state index in [4.69, 9.17) is 0 Å². The molecule has 1 nitrogen and oxygen atoms in total. The topological polar surface area (TPSA) is 20.2 Å². The fourth-order valence-corrected chi connectivity index (χ4v) is 3.74. The Labute approximate surface area is 160 Å². The molecule has 25 heavy (non-hydrogen) atoms. The molecule has 1 N–H and O–H groups in total. The van der Waals surface area contributed by atoms with Gasteiger partial charge < -0.3 is 5.11 Å². The van der Waals surface area contributed by atoms with E-state index in [1.165, 1.54) is 116 Å². The molecule has 0 aromatic carbocycles. The Morgan fingerprint density at radius 1 is 0.480 bits per heavy atom. The van der Waals surface area contributed by atoms with E-state index < -0.39 is 0 Å². The van der Waals surface area contributed by atoms with Crippen molar-refractivity contribution in [2.24, 2.45) is 5.92 Å². The maximum atomic E-state index is 10.3. The first-order chi connectivity index (χ1) is 12.2. The van der Waals surface area contributed by atoms with Gasteiger partial charge in [0.25, 0.3) is 0 Å². The van der Waals surface area contributed by atoms with Crippen molar-refractivity contribution in [3.05, 3.63) is 0 Å². The van der Waals surface area contributed by atoms with Gasteiger partial charge in [-0.2, -0.15) is 0 Å². The van der Waals surface area contributed by atoms with Crippen LogP contribution in [0.1, 0.15) is 143 Å². The van der Waals surface area contributed by atoms with E-state index >= 15 is 0 Å². The molecule has 152 valence electrons. The normalized spacial score (nSPS) is 13.9. The number of hydrogen-bond donors (Lipinski definition) is 1. The lowest BCUT2D eigenvalue weighted by atomic mass is 9.93. The minimum absolute atomic E-state index is 0.0610. The zero-order valence-electron chi connectivity index (χ0n) is 18.0. The highest BCUT2D eigenvalue weighted by atomic mass is 16.3. The molecule has 0 aromatic rings. The summed E-state index contributed by atoms with van der Waals surface area (Å²) in [4.78, 5) is 0. The largest absolute Gasteiger partial charge is 0.393 e. The highest BCUT2D eigenvalue weighted by Gasteiger charge is 2.13. The molecule has 0 bridgehead atoms. The number of aliphatic hydroxyl groups excluding tert-OH is 1.